The number of aliphatic hydroxyl groups is 1. The van der Waals surface area contributed by atoms with E-state index in [-0.39, 0.29) is 11.6 Å². The van der Waals surface area contributed by atoms with Crippen LogP contribution in [0.15, 0.2) is 18.2 Å². The Labute approximate surface area is 112 Å². The summed E-state index contributed by atoms with van der Waals surface area (Å²) in [7, 11) is 1.60. The first kappa shape index (κ1) is 13.8. The van der Waals surface area contributed by atoms with Crippen LogP contribution in [0.4, 0.5) is 10.1 Å². The zero-order valence-corrected chi connectivity index (χ0v) is 11.0. The van der Waals surface area contributed by atoms with Crippen molar-refractivity contribution in [1.29, 1.82) is 0 Å². The van der Waals surface area contributed by atoms with Crippen molar-refractivity contribution in [3.05, 3.63) is 29.6 Å². The number of nitrogen functional groups attached to an aromatic ring is 1. The van der Waals surface area contributed by atoms with Crippen LogP contribution in [0.1, 0.15) is 36.0 Å². The van der Waals surface area contributed by atoms with Crippen LogP contribution in [-0.4, -0.2) is 35.1 Å². The zero-order valence-electron chi connectivity index (χ0n) is 11.0. The highest BCUT2D eigenvalue weighted by Crippen LogP contribution is 2.24. The summed E-state index contributed by atoms with van der Waals surface area (Å²) in [6.45, 7) is 0. The van der Waals surface area contributed by atoms with Crippen LogP contribution in [0.3, 0.4) is 0 Å². The first-order valence-corrected chi connectivity index (χ1v) is 6.51. The number of nitrogens with zero attached hydrogens (tertiary/aromatic N) is 1. The highest BCUT2D eigenvalue weighted by atomic mass is 19.1. The van der Waals surface area contributed by atoms with Crippen molar-refractivity contribution in [2.75, 3.05) is 12.8 Å². The molecule has 1 aromatic rings. The van der Waals surface area contributed by atoms with Crippen LogP contribution < -0.4 is 5.73 Å². The number of aliphatic hydroxyl groups excluding tert-OH is 1. The van der Waals surface area contributed by atoms with Crippen molar-refractivity contribution in [3.8, 4) is 0 Å². The molecule has 2 unspecified atom stereocenters. The van der Waals surface area contributed by atoms with E-state index < -0.39 is 17.8 Å². The van der Waals surface area contributed by atoms with Crippen molar-refractivity contribution >= 4 is 11.6 Å². The van der Waals surface area contributed by atoms with Gasteiger partial charge in [-0.15, -0.1) is 0 Å². The predicted molar refractivity (Wildman–Crippen MR) is 71.2 cm³/mol. The molecule has 1 amide bonds. The average molecular weight is 266 g/mol. The van der Waals surface area contributed by atoms with Crippen LogP contribution in [0.5, 0.6) is 0 Å². The number of carbonyl (C=O) groups is 1. The van der Waals surface area contributed by atoms with Gasteiger partial charge in [0.15, 0.2) is 0 Å². The van der Waals surface area contributed by atoms with E-state index in [0.717, 1.165) is 19.3 Å². The molecule has 4 nitrogen and oxygen atoms in total. The third-order valence-electron chi connectivity index (χ3n) is 3.73. The van der Waals surface area contributed by atoms with Crippen LogP contribution in [-0.2, 0) is 0 Å². The maximum atomic E-state index is 13.7. The molecule has 0 aliphatic heterocycles. The fourth-order valence-corrected chi connectivity index (χ4v) is 2.59. The molecule has 0 bridgehead atoms. The Morgan fingerprint density at radius 2 is 2.11 bits per heavy atom. The second-order valence-corrected chi connectivity index (χ2v) is 5.07. The highest BCUT2D eigenvalue weighted by molar-refractivity contribution is 5.95. The molecule has 0 saturated heterocycles. The molecule has 2 atom stereocenters. The van der Waals surface area contributed by atoms with Gasteiger partial charge in [0.25, 0.3) is 5.91 Å². The van der Waals surface area contributed by atoms with Crippen LogP contribution in [0, 0.1) is 5.82 Å². The number of rotatable bonds is 2. The highest BCUT2D eigenvalue weighted by Gasteiger charge is 2.30. The number of benzene rings is 1. The smallest absolute Gasteiger partial charge is 0.256 e. The summed E-state index contributed by atoms with van der Waals surface area (Å²) in [4.78, 5) is 13.7. The first-order chi connectivity index (χ1) is 9.00. The van der Waals surface area contributed by atoms with Crippen LogP contribution in [0.2, 0.25) is 0 Å². The molecule has 1 aliphatic rings. The van der Waals surface area contributed by atoms with E-state index in [1.165, 1.54) is 23.1 Å². The molecule has 2 rings (SSSR count). The zero-order chi connectivity index (χ0) is 14.0. The second kappa shape index (κ2) is 5.57. The fraction of sp³-hybridized carbons (Fsp3) is 0.500. The van der Waals surface area contributed by atoms with E-state index in [4.69, 9.17) is 5.73 Å². The van der Waals surface area contributed by atoms with Gasteiger partial charge >= 0.3 is 0 Å². The molecule has 1 fully saturated rings. The summed E-state index contributed by atoms with van der Waals surface area (Å²) in [5.74, 6) is -1.02. The lowest BCUT2D eigenvalue weighted by Crippen LogP contribution is -2.46. The first-order valence-electron chi connectivity index (χ1n) is 6.51. The predicted octanol–water partition coefficient (Wildman–Crippen LogP) is 1.78. The third kappa shape index (κ3) is 2.87. The summed E-state index contributed by atoms with van der Waals surface area (Å²) in [5.41, 5.74) is 5.89. The fourth-order valence-electron chi connectivity index (χ4n) is 2.59. The number of hydrogen-bond donors (Lipinski definition) is 2. The van der Waals surface area contributed by atoms with Crippen molar-refractivity contribution < 1.29 is 14.3 Å². The number of carbonyl (C=O) groups excluding carboxylic acids is 1. The Balaban J connectivity index is 2.20. The molecule has 19 heavy (non-hydrogen) atoms. The van der Waals surface area contributed by atoms with Gasteiger partial charge in [-0.2, -0.15) is 0 Å². The molecular formula is C14H19FN2O2. The molecule has 1 aliphatic carbocycles. The van der Waals surface area contributed by atoms with Gasteiger partial charge in [0.05, 0.1) is 17.7 Å². The maximum Gasteiger partial charge on any atom is 0.256 e. The van der Waals surface area contributed by atoms with E-state index in [1.54, 1.807) is 7.05 Å². The van der Waals surface area contributed by atoms with E-state index >= 15 is 0 Å². The van der Waals surface area contributed by atoms with Gasteiger partial charge in [-0.25, -0.2) is 4.39 Å². The summed E-state index contributed by atoms with van der Waals surface area (Å²) in [6, 6.07) is 3.70. The van der Waals surface area contributed by atoms with E-state index in [9.17, 15) is 14.3 Å². The molecule has 0 aromatic heterocycles. The van der Waals surface area contributed by atoms with E-state index in [2.05, 4.69) is 0 Å². The monoisotopic (exact) mass is 266 g/mol. The number of anilines is 1. The van der Waals surface area contributed by atoms with Gasteiger partial charge in [0.2, 0.25) is 0 Å². The van der Waals surface area contributed by atoms with Crippen molar-refractivity contribution in [3.63, 3.8) is 0 Å². The van der Waals surface area contributed by atoms with Gasteiger partial charge in [-0.05, 0) is 31.0 Å². The third-order valence-corrected chi connectivity index (χ3v) is 3.73. The van der Waals surface area contributed by atoms with Crippen LogP contribution in [0.25, 0.3) is 0 Å². The SMILES string of the molecule is CN(C(=O)c1cc(N)ccc1F)C1CCCCC1O. The topological polar surface area (TPSA) is 66.6 Å². The normalized spacial score (nSPS) is 23.1. The number of amides is 1. The van der Waals surface area contributed by atoms with Gasteiger partial charge < -0.3 is 15.7 Å². The van der Waals surface area contributed by atoms with Crippen molar-refractivity contribution in [1.82, 2.24) is 4.90 Å². The molecule has 5 heteroatoms. The lowest BCUT2D eigenvalue weighted by Gasteiger charge is -2.35. The van der Waals surface area contributed by atoms with Crippen molar-refractivity contribution in [2.24, 2.45) is 0 Å². The summed E-state index contributed by atoms with van der Waals surface area (Å²) < 4.78 is 13.7. The number of nitrogens with two attached hydrogens (primary N) is 1. The lowest BCUT2D eigenvalue weighted by molar-refractivity contribution is 0.0265. The molecule has 0 radical (unpaired) electrons. The van der Waals surface area contributed by atoms with Gasteiger partial charge in [0.1, 0.15) is 5.82 Å². The number of hydrogen-bond acceptors (Lipinski definition) is 3. The Bertz CT molecular complexity index is 479. The minimum atomic E-state index is -0.587. The standard InChI is InChI=1S/C14H19FN2O2/c1-17(12-4-2-3-5-13(12)18)14(19)10-8-9(16)6-7-11(10)15/h6-8,12-13,18H,2-5,16H2,1H3. The van der Waals surface area contributed by atoms with Gasteiger partial charge in [-0.3, -0.25) is 4.79 Å². The second-order valence-electron chi connectivity index (χ2n) is 5.07. The molecule has 3 N–H and O–H groups in total. The minimum absolute atomic E-state index is 0.0414. The molecule has 104 valence electrons. The Morgan fingerprint density at radius 3 is 2.79 bits per heavy atom. The van der Waals surface area contributed by atoms with Gasteiger partial charge in [0, 0.05) is 12.7 Å². The molecule has 0 spiro atoms. The minimum Gasteiger partial charge on any atom is -0.399 e. The molecule has 1 saturated carbocycles. The Hall–Kier alpha value is -1.62. The Morgan fingerprint density at radius 1 is 1.42 bits per heavy atom. The maximum absolute atomic E-state index is 13.7. The number of halogens is 1. The largest absolute Gasteiger partial charge is 0.399 e. The van der Waals surface area contributed by atoms with Gasteiger partial charge in [-0.1, -0.05) is 12.8 Å². The summed E-state index contributed by atoms with van der Waals surface area (Å²) in [5, 5.41) is 9.95. The lowest BCUT2D eigenvalue weighted by atomic mass is 9.91. The van der Waals surface area contributed by atoms with E-state index in [1.807, 2.05) is 0 Å². The molecule has 0 heterocycles. The van der Waals surface area contributed by atoms with E-state index in [0.29, 0.717) is 12.1 Å². The quantitative estimate of drug-likeness (QED) is 0.802. The molecule has 1 aromatic carbocycles. The molecular weight excluding hydrogens is 247 g/mol. The number of likely N-dealkylation sites (N-methyl/N-ethyl adjacent to an activating group) is 1. The summed E-state index contributed by atoms with van der Waals surface area (Å²) in [6.07, 6.45) is 2.83. The van der Waals surface area contributed by atoms with Crippen LogP contribution >= 0.6 is 0 Å². The Kier molecular flexibility index (Phi) is 4.04. The average Bonchev–Trinajstić information content (AvgIpc) is 2.40. The van der Waals surface area contributed by atoms with Crippen molar-refractivity contribution in [2.45, 2.75) is 37.8 Å². The summed E-state index contributed by atoms with van der Waals surface area (Å²) >= 11 is 0.